The van der Waals surface area contributed by atoms with E-state index < -0.39 is 64.8 Å². The Morgan fingerprint density at radius 2 is 1.90 bits per heavy atom. The maximum atomic E-state index is 13.8. The van der Waals surface area contributed by atoms with Crippen LogP contribution in [-0.4, -0.2) is 71.4 Å². The summed E-state index contributed by atoms with van der Waals surface area (Å²) in [5.74, 6) is -2.52. The second-order valence-electron chi connectivity index (χ2n) is 10.1. The number of aliphatic hydroxyl groups is 1. The molecule has 0 bridgehead atoms. The number of anilines is 1. The molecule has 3 rings (SSSR count). The molecule has 2 N–H and O–H groups in total. The van der Waals surface area contributed by atoms with Crippen LogP contribution in [0.2, 0.25) is 5.15 Å². The fraction of sp³-hybridized carbons (Fsp3) is 0.542. The van der Waals surface area contributed by atoms with Crippen LogP contribution in [0, 0.1) is 5.41 Å². The summed E-state index contributed by atoms with van der Waals surface area (Å²) in [6, 6.07) is 3.92. The number of rotatable bonds is 10. The number of carboxylic acids is 1. The molecule has 0 saturated carbocycles. The van der Waals surface area contributed by atoms with Crippen LogP contribution >= 0.6 is 11.6 Å². The number of aliphatic carboxylic acids is 1. The maximum absolute atomic E-state index is 13.8. The average molecular weight is 612 g/mol. The van der Waals surface area contributed by atoms with Gasteiger partial charge in [0.15, 0.2) is 5.15 Å². The van der Waals surface area contributed by atoms with Crippen LogP contribution in [0.1, 0.15) is 39.7 Å². The predicted octanol–water partition coefficient (Wildman–Crippen LogP) is 3.41. The number of carbonyl (C=O) groups is 2. The first kappa shape index (κ1) is 31.5. The summed E-state index contributed by atoms with van der Waals surface area (Å²) >= 11 is 6.13. The minimum atomic E-state index is -4.81. The van der Waals surface area contributed by atoms with E-state index in [0.717, 1.165) is 4.31 Å². The molecule has 1 aliphatic heterocycles. The number of aryl methyl sites for hydroxylation is 1. The molecule has 0 amide bonds. The number of aromatic nitrogens is 2. The first-order valence-electron chi connectivity index (χ1n) is 12.0. The topological polar surface area (TPSA) is 148 Å². The van der Waals surface area contributed by atoms with Gasteiger partial charge in [0.25, 0.3) is 10.0 Å². The highest BCUT2D eigenvalue weighted by molar-refractivity contribution is 7.93. The second-order valence-corrected chi connectivity index (χ2v) is 12.3. The smallest absolute Gasteiger partial charge is 0.427 e. The van der Waals surface area contributed by atoms with E-state index in [0.29, 0.717) is 20.4 Å². The number of aliphatic hydroxyl groups excluding tert-OH is 1. The molecule has 0 saturated heterocycles. The molecule has 16 heteroatoms. The largest absolute Gasteiger partial charge is 0.486 e. The Morgan fingerprint density at radius 1 is 1.25 bits per heavy atom. The molecule has 2 heterocycles. The summed E-state index contributed by atoms with van der Waals surface area (Å²) in [5, 5.41) is 22.9. The molecule has 0 unspecified atom stereocenters. The fourth-order valence-corrected chi connectivity index (χ4v) is 5.85. The van der Waals surface area contributed by atoms with Crippen molar-refractivity contribution in [1.29, 1.82) is 0 Å². The van der Waals surface area contributed by atoms with Crippen molar-refractivity contribution in [1.82, 2.24) is 9.78 Å². The first-order valence-corrected chi connectivity index (χ1v) is 13.8. The second kappa shape index (κ2) is 11.1. The van der Waals surface area contributed by atoms with Crippen molar-refractivity contribution in [2.75, 3.05) is 17.5 Å². The summed E-state index contributed by atoms with van der Waals surface area (Å²) in [4.78, 5) is 23.8. The van der Waals surface area contributed by atoms with Crippen molar-refractivity contribution in [2.45, 2.75) is 69.9 Å². The molecular weight excluding hydrogens is 583 g/mol. The monoisotopic (exact) mass is 611 g/mol. The molecule has 1 aliphatic rings. The minimum Gasteiger partial charge on any atom is -0.486 e. The Labute approximate surface area is 233 Å². The SMILES string of the molecule is CCn1cc(S(=O)(=O)N2C[C@H](C[C@@](C)(CO)C(=O)O)Oc3ccc(CC(=O)OC(C)(C)C(F)(F)F)cc32)c(Cl)n1. The van der Waals surface area contributed by atoms with Crippen molar-refractivity contribution in [2.24, 2.45) is 5.41 Å². The van der Waals surface area contributed by atoms with E-state index in [-0.39, 0.29) is 33.5 Å². The zero-order valence-corrected chi connectivity index (χ0v) is 23.6. The third kappa shape index (κ3) is 6.31. The Morgan fingerprint density at radius 3 is 2.42 bits per heavy atom. The Hall–Kier alpha value is -3.04. The maximum Gasteiger partial charge on any atom is 0.427 e. The number of halogens is 4. The third-order valence-electron chi connectivity index (χ3n) is 6.48. The molecular formula is C24H29ClF3N3O8S. The van der Waals surface area contributed by atoms with Gasteiger partial charge in [0.05, 0.1) is 30.7 Å². The molecule has 222 valence electrons. The van der Waals surface area contributed by atoms with Crippen LogP contribution in [-0.2, 0) is 37.3 Å². The quantitative estimate of drug-likeness (QED) is 0.386. The number of ether oxygens (including phenoxy) is 2. The highest BCUT2D eigenvalue weighted by atomic mass is 35.5. The number of hydrogen-bond donors (Lipinski definition) is 2. The van der Waals surface area contributed by atoms with Crippen molar-refractivity contribution < 1.29 is 50.9 Å². The lowest BCUT2D eigenvalue weighted by molar-refractivity contribution is -0.257. The molecule has 40 heavy (non-hydrogen) atoms. The van der Waals surface area contributed by atoms with Gasteiger partial charge in [-0.2, -0.15) is 18.3 Å². The van der Waals surface area contributed by atoms with Crippen molar-refractivity contribution in [3.63, 3.8) is 0 Å². The molecule has 0 aliphatic carbocycles. The number of nitrogens with zero attached hydrogens (tertiary/aromatic N) is 3. The number of carbonyl (C=O) groups excluding carboxylic acids is 1. The third-order valence-corrected chi connectivity index (χ3v) is 8.65. The lowest BCUT2D eigenvalue weighted by Crippen LogP contribution is -2.47. The molecule has 2 aromatic rings. The highest BCUT2D eigenvalue weighted by Gasteiger charge is 2.51. The van der Waals surface area contributed by atoms with E-state index >= 15 is 0 Å². The van der Waals surface area contributed by atoms with E-state index in [9.17, 15) is 41.4 Å². The van der Waals surface area contributed by atoms with Crippen LogP contribution in [0.4, 0.5) is 18.9 Å². The number of carboxylic acid groups (broad SMARTS) is 1. The van der Waals surface area contributed by atoms with Gasteiger partial charge in [0.2, 0.25) is 5.60 Å². The normalized spacial score (nSPS) is 17.5. The number of benzene rings is 1. The molecule has 0 radical (unpaired) electrons. The molecule has 0 spiro atoms. The van der Waals surface area contributed by atoms with Crippen LogP contribution in [0.15, 0.2) is 29.3 Å². The Kier molecular flexibility index (Phi) is 8.73. The molecule has 1 aromatic carbocycles. The van der Waals surface area contributed by atoms with Crippen LogP contribution in [0.25, 0.3) is 0 Å². The van der Waals surface area contributed by atoms with Crippen molar-refractivity contribution >= 4 is 39.3 Å². The fourth-order valence-electron chi connectivity index (χ4n) is 3.90. The Balaban J connectivity index is 2.03. The molecule has 11 nitrogen and oxygen atoms in total. The zero-order chi connectivity index (χ0) is 30.3. The van der Waals surface area contributed by atoms with Crippen LogP contribution < -0.4 is 9.04 Å². The van der Waals surface area contributed by atoms with Crippen molar-refractivity contribution in [3.8, 4) is 5.75 Å². The van der Waals surface area contributed by atoms with E-state index in [1.165, 1.54) is 36.0 Å². The van der Waals surface area contributed by atoms with E-state index in [1.807, 2.05) is 0 Å². The number of esters is 1. The van der Waals surface area contributed by atoms with Gasteiger partial charge in [-0.05, 0) is 45.4 Å². The van der Waals surface area contributed by atoms with Gasteiger partial charge in [0, 0.05) is 19.2 Å². The van der Waals surface area contributed by atoms with Gasteiger partial charge >= 0.3 is 18.1 Å². The lowest BCUT2D eigenvalue weighted by Gasteiger charge is -2.38. The van der Waals surface area contributed by atoms with Crippen molar-refractivity contribution in [3.05, 3.63) is 35.1 Å². The minimum absolute atomic E-state index is 0.00255. The van der Waals surface area contributed by atoms with Gasteiger partial charge in [-0.15, -0.1) is 0 Å². The number of hydrogen-bond acceptors (Lipinski definition) is 8. The van der Waals surface area contributed by atoms with Gasteiger partial charge in [0.1, 0.15) is 16.7 Å². The van der Waals surface area contributed by atoms with E-state index in [2.05, 4.69) is 9.84 Å². The van der Waals surface area contributed by atoms with Gasteiger partial charge in [-0.1, -0.05) is 17.7 Å². The standard InChI is InChI=1S/C24H29ClF3N3O8S/c1-5-30-12-18(20(25)29-30)40(36,37)31-11-15(10-23(4,13-32)21(34)35)38-17-7-6-14(8-16(17)31)9-19(33)39-22(2,3)24(26,27)28/h6-8,12,15,32H,5,9-11,13H2,1-4H3,(H,34,35)/t15-,23-/m0/s1. The highest BCUT2D eigenvalue weighted by Crippen LogP contribution is 2.41. The van der Waals surface area contributed by atoms with E-state index in [1.54, 1.807) is 6.92 Å². The summed E-state index contributed by atoms with van der Waals surface area (Å²) in [5.41, 5.74) is -4.33. The summed E-state index contributed by atoms with van der Waals surface area (Å²) in [6.07, 6.45) is -5.50. The van der Waals surface area contributed by atoms with Crippen LogP contribution in [0.5, 0.6) is 5.75 Å². The summed E-state index contributed by atoms with van der Waals surface area (Å²) < 4.78 is 79.8. The van der Waals surface area contributed by atoms with Gasteiger partial charge in [-0.3, -0.25) is 18.6 Å². The number of sulfonamides is 1. The molecule has 2 atom stereocenters. The summed E-state index contributed by atoms with van der Waals surface area (Å²) in [7, 11) is -4.44. The summed E-state index contributed by atoms with van der Waals surface area (Å²) in [6.45, 7) is 3.58. The van der Waals surface area contributed by atoms with Gasteiger partial charge in [-0.25, -0.2) is 8.42 Å². The van der Waals surface area contributed by atoms with Gasteiger partial charge < -0.3 is 19.7 Å². The Bertz CT molecular complexity index is 1400. The number of fused-ring (bicyclic) bond motifs is 1. The number of alkyl halides is 3. The molecule has 1 aromatic heterocycles. The predicted molar refractivity (Wildman–Crippen MR) is 136 cm³/mol. The first-order chi connectivity index (χ1) is 18.3. The van der Waals surface area contributed by atoms with E-state index in [4.69, 9.17) is 16.3 Å². The average Bonchev–Trinajstić information content (AvgIpc) is 3.24. The lowest BCUT2D eigenvalue weighted by atomic mass is 9.85. The zero-order valence-electron chi connectivity index (χ0n) is 22.0. The molecule has 0 fully saturated rings. The van der Waals surface area contributed by atoms with Crippen LogP contribution in [0.3, 0.4) is 0 Å².